The van der Waals surface area contributed by atoms with Crippen LogP contribution in [0.15, 0.2) is 190 Å². The van der Waals surface area contributed by atoms with Crippen molar-refractivity contribution in [3.05, 3.63) is 238 Å². The van der Waals surface area contributed by atoms with Crippen molar-refractivity contribution in [3.8, 4) is 74.1 Å². The third-order valence-electron chi connectivity index (χ3n) is 24.1. The molecular weight excluding hydrogens is 2030 g/mol. The molecule has 8 amide bonds. The Bertz CT molecular complexity index is 7600. The molecule has 12 aromatic heterocycles. The van der Waals surface area contributed by atoms with Crippen LogP contribution in [0.4, 0.5) is 57.9 Å². The zero-order valence-electron chi connectivity index (χ0n) is 76.6. The number of benzene rings is 4. The fourth-order valence-corrected chi connectivity index (χ4v) is 17.7. The quantitative estimate of drug-likeness (QED) is 0.0386. The first-order valence-corrected chi connectivity index (χ1v) is 46.1. The van der Waals surface area contributed by atoms with Gasteiger partial charge in [0.25, 0.3) is 23.6 Å². The monoisotopic (exact) mass is 2100 g/mol. The maximum atomic E-state index is 13.3. The average Bonchev–Trinajstić information content (AvgIpc) is 1.63. The van der Waals surface area contributed by atoms with Crippen LogP contribution in [0.2, 0.25) is 20.1 Å². The second kappa shape index (κ2) is 43.0. The van der Waals surface area contributed by atoms with E-state index in [9.17, 15) is 78.7 Å². The lowest BCUT2D eigenvalue weighted by molar-refractivity contribution is -0.142. The maximum absolute atomic E-state index is 13.3. The van der Waals surface area contributed by atoms with E-state index in [1.165, 1.54) is 172 Å². The summed E-state index contributed by atoms with van der Waals surface area (Å²) in [4.78, 5) is 128. The van der Waals surface area contributed by atoms with Crippen molar-refractivity contribution in [1.82, 2.24) is 117 Å². The molecule has 756 valence electrons. The minimum atomic E-state index is -3.21. The van der Waals surface area contributed by atoms with Crippen LogP contribution in [-0.2, 0) is 23.9 Å². The Morgan fingerprint density at radius 2 is 0.701 bits per heavy atom. The van der Waals surface area contributed by atoms with Crippen molar-refractivity contribution < 1.29 is 97.2 Å². The summed E-state index contributed by atoms with van der Waals surface area (Å²) in [5.74, 6) is -3.77. The molecule has 0 aliphatic carbocycles. The molecule has 21 rings (SSSR count). The number of rotatable bonds is 25. The molecule has 54 heteroatoms. The van der Waals surface area contributed by atoms with Crippen LogP contribution in [0.1, 0.15) is 110 Å². The van der Waals surface area contributed by atoms with Gasteiger partial charge in [-0.3, -0.25) is 57.1 Å². The number of anilines is 4. The Hall–Kier alpha value is -16.8. The number of carbonyl (C=O) groups excluding carboxylic acids is 8. The van der Waals surface area contributed by atoms with Crippen molar-refractivity contribution >= 4 is 139 Å². The molecule has 17 heterocycles. The van der Waals surface area contributed by atoms with Gasteiger partial charge in [0.05, 0.1) is 102 Å². The van der Waals surface area contributed by atoms with Crippen LogP contribution in [0.25, 0.3) is 67.6 Å². The summed E-state index contributed by atoms with van der Waals surface area (Å²) in [5, 5.41) is 55.6. The van der Waals surface area contributed by atoms with E-state index >= 15 is 0 Å². The molecule has 5 saturated heterocycles. The third-order valence-corrected chi connectivity index (χ3v) is 25.1. The van der Waals surface area contributed by atoms with Crippen LogP contribution in [0.5, 0.6) is 23.0 Å². The highest BCUT2D eigenvalue weighted by Crippen LogP contribution is 2.46. The van der Waals surface area contributed by atoms with E-state index in [0.717, 1.165) is 18.9 Å². The molecule has 0 saturated carbocycles. The van der Waals surface area contributed by atoms with Crippen molar-refractivity contribution in [2.75, 3.05) is 81.8 Å². The summed E-state index contributed by atoms with van der Waals surface area (Å²) >= 11 is 24.7. The van der Waals surface area contributed by atoms with Crippen LogP contribution in [0.3, 0.4) is 0 Å². The average molecular weight is 2100 g/mol. The number of nitrogens with zero attached hydrogens (tertiary/aromatic N) is 25. The van der Waals surface area contributed by atoms with Gasteiger partial charge in [-0.05, 0) is 123 Å². The van der Waals surface area contributed by atoms with Gasteiger partial charge < -0.3 is 64.6 Å². The van der Waals surface area contributed by atoms with Crippen molar-refractivity contribution in [3.63, 3.8) is 0 Å². The minimum absolute atomic E-state index is 0.00450. The van der Waals surface area contributed by atoms with Crippen molar-refractivity contribution in [2.45, 2.75) is 95.2 Å². The first kappa shape index (κ1) is 100. The Kier molecular flexibility index (Phi) is 29.4. The number of ether oxygens (including phenoxy) is 5. The summed E-state index contributed by atoms with van der Waals surface area (Å²) in [6.07, 6.45) is 27.6. The van der Waals surface area contributed by atoms with Gasteiger partial charge >= 0.3 is 26.4 Å². The van der Waals surface area contributed by atoms with E-state index in [1.807, 2.05) is 6.07 Å². The summed E-state index contributed by atoms with van der Waals surface area (Å²) < 4.78 is 141. The van der Waals surface area contributed by atoms with E-state index in [4.69, 9.17) is 55.9 Å². The second-order valence-electron chi connectivity index (χ2n) is 33.4. The maximum Gasteiger partial charge on any atom is 0.387 e. The lowest BCUT2D eigenvalue weighted by Gasteiger charge is -2.34. The predicted octanol–water partition coefficient (Wildman–Crippen LogP) is 14.4. The molecule has 1 unspecified atom stereocenters. The number of nitriles is 1. The van der Waals surface area contributed by atoms with Crippen molar-refractivity contribution in [1.29, 1.82) is 5.26 Å². The standard InChI is InChI=1S/C24H20ClF2N7O4.C23H17ClF2N8O3.2C23H20ClF2N7O3/c25-13-2-3-19(38-24(26)27)15(8-13)20-17(30-22(35)16-9-29-33-6-1-5-28-21(16)33)10-34(31-20)18-4-7-32(23(18)36)14-11-37-12-14;1-32-6-3-17(22(32)36)34-11-16(30-21(35)14-10-29-33-5-2-4-28-20(14)33)19(31-34)13-8-15(24)12(9-27)7-18(13)37-23(25)26;2*1-31-8-2-4-17(22(31)35)33-12-16(29-21(34)15-11-28-32-9-3-7-27-20(15)32)19(30-33)14-10-13(24)5-6-18(14)36-23(25)26/h1-3,5-6,8-10,14,18,24H,4,7,11-12H2,(H,30,35);2,4-5,7-8,10-11,17,23H,3,6H2,1H3,(H,30,35);2*3,5-7,9-12,17,23H,2,4,8H2,1H3,(H,29,34)/t18-;;2*17-/m0.10/s1. The van der Waals surface area contributed by atoms with Crippen LogP contribution in [0, 0.1) is 11.3 Å². The minimum Gasteiger partial charge on any atom is -0.434 e. The Labute approximate surface area is 843 Å². The van der Waals surface area contributed by atoms with Gasteiger partial charge in [-0.2, -0.15) is 81.2 Å². The molecule has 16 aromatic rings. The van der Waals surface area contributed by atoms with Gasteiger partial charge in [-0.15, -0.1) is 0 Å². The molecule has 0 bridgehead atoms. The highest BCUT2D eigenvalue weighted by atomic mass is 35.5. The molecule has 0 spiro atoms. The highest BCUT2D eigenvalue weighted by Gasteiger charge is 2.43. The number of aromatic nitrogens is 20. The number of likely N-dealkylation sites (N-methyl/N-ethyl adjacent to an activating group) is 3. The lowest BCUT2D eigenvalue weighted by atomic mass is 10.1. The van der Waals surface area contributed by atoms with Crippen LogP contribution in [-0.4, -0.2) is 257 Å². The first-order chi connectivity index (χ1) is 70.8. The molecule has 5 aliphatic heterocycles. The van der Waals surface area contributed by atoms with Crippen LogP contribution >= 0.6 is 46.4 Å². The Morgan fingerprint density at radius 3 is 1.01 bits per heavy atom. The molecule has 5 aliphatic rings. The van der Waals surface area contributed by atoms with E-state index < -0.39 is 74.2 Å². The third kappa shape index (κ3) is 21.5. The van der Waals surface area contributed by atoms with Gasteiger partial charge in [0.2, 0.25) is 23.6 Å². The number of piperidine rings is 2. The summed E-state index contributed by atoms with van der Waals surface area (Å²) in [6.45, 7) is -9.27. The highest BCUT2D eigenvalue weighted by molar-refractivity contribution is 6.33. The number of likely N-dealkylation sites (tertiary alicyclic amines) is 4. The number of fused-ring (bicyclic) bond motifs is 4. The number of hydrogen-bond acceptors (Lipinski definition) is 26. The summed E-state index contributed by atoms with van der Waals surface area (Å²) in [5.41, 5.74) is 3.29. The van der Waals surface area contributed by atoms with Gasteiger partial charge in [0, 0.05) is 140 Å². The number of hydrogen-bond donors (Lipinski definition) is 4. The normalized spacial score (nSPS) is 16.4. The number of carbonyl (C=O) groups is 8. The van der Waals surface area contributed by atoms with E-state index in [2.05, 4.69) is 96.2 Å². The molecular formula is C93H77Cl4F8N29O13. The van der Waals surface area contributed by atoms with E-state index in [-0.39, 0.29) is 168 Å². The molecule has 5 fully saturated rings. The number of halogens is 12. The van der Waals surface area contributed by atoms with Gasteiger partial charge in [0.1, 0.15) is 98.3 Å². The largest absolute Gasteiger partial charge is 0.434 e. The Balaban J connectivity index is 0.000000128. The second-order valence-corrected chi connectivity index (χ2v) is 35.1. The Morgan fingerprint density at radius 1 is 0.401 bits per heavy atom. The molecule has 147 heavy (non-hydrogen) atoms. The van der Waals surface area contributed by atoms with Crippen molar-refractivity contribution in [2.24, 2.45) is 0 Å². The van der Waals surface area contributed by atoms with Gasteiger partial charge in [0.15, 0.2) is 22.6 Å². The molecule has 4 N–H and O–H groups in total. The fourth-order valence-electron chi connectivity index (χ4n) is 17.0. The molecule has 4 atom stereocenters. The molecule has 0 radical (unpaired) electrons. The lowest BCUT2D eigenvalue weighted by Crippen LogP contribution is -2.50. The SMILES string of the molecule is CN1CCC(n2cc(NC(=O)c3cnn4cccnc34)c(-c3cc(Cl)c(C#N)cc3OC(F)F)n2)C1=O.CN1CCC[C@@H](n2cc(NC(=O)c3cnn4cccnc34)c(-c3cc(Cl)ccc3OC(F)F)n2)C1=O.CN1CCC[C@H](n2cc(NC(=O)c3cnn4cccnc34)c(-c3cc(Cl)ccc3OC(F)F)n2)C1=O.O=C(Nc1cn([C@H]2CCN(C3COC3)C2=O)nc1-c1cc(Cl)ccc1OC(F)F)c1cnn2cccnc12. The molecule has 42 nitrogen and oxygen atoms in total. The summed E-state index contributed by atoms with van der Waals surface area (Å²) in [7, 11) is 5.05. The first-order valence-electron chi connectivity index (χ1n) is 44.6. The van der Waals surface area contributed by atoms with E-state index in [1.54, 1.807) is 89.8 Å². The summed E-state index contributed by atoms with van der Waals surface area (Å²) in [6, 6.07) is 20.6. The smallest absolute Gasteiger partial charge is 0.387 e. The number of nitrogens with one attached hydrogen (secondary N) is 4. The number of amides is 8. The fraction of sp³-hybridized carbons (Fsp3) is 0.258. The molecule has 4 aromatic carbocycles. The number of alkyl halides is 8. The van der Waals surface area contributed by atoms with E-state index in [0.29, 0.717) is 87.7 Å². The van der Waals surface area contributed by atoms with Crippen LogP contribution < -0.4 is 40.2 Å². The zero-order valence-corrected chi connectivity index (χ0v) is 79.6. The topological polar surface area (TPSA) is 460 Å². The van der Waals surface area contributed by atoms with Gasteiger partial charge in [-0.25, -0.2) is 38.0 Å². The predicted molar refractivity (Wildman–Crippen MR) is 509 cm³/mol. The van der Waals surface area contributed by atoms with Gasteiger partial charge in [-0.1, -0.05) is 46.4 Å². The zero-order chi connectivity index (χ0) is 103.